The molecule has 0 aliphatic rings. The third-order valence-electron chi connectivity index (χ3n) is 2.89. The van der Waals surface area contributed by atoms with Crippen molar-refractivity contribution in [3.63, 3.8) is 0 Å². The molecule has 0 bridgehead atoms. The van der Waals surface area contributed by atoms with E-state index in [1.54, 1.807) is 0 Å². The van der Waals surface area contributed by atoms with Crippen molar-refractivity contribution in [2.45, 2.75) is 6.42 Å². The smallest absolute Gasteiger partial charge is 0.0858 e. The summed E-state index contributed by atoms with van der Waals surface area (Å²) in [7, 11) is 1.97. The topological polar surface area (TPSA) is 51.8 Å². The second-order valence-electron chi connectivity index (χ2n) is 4.38. The second-order valence-corrected chi connectivity index (χ2v) is 4.38. The largest absolute Gasteiger partial charge is 0.374 e. The van der Waals surface area contributed by atoms with E-state index in [1.807, 2.05) is 66.5 Å². The molecule has 4 nitrogen and oxygen atoms in total. The molecule has 0 aliphatic carbocycles. The zero-order valence-electron chi connectivity index (χ0n) is 11.4. The standard InChI is InChI=1S/C16H16N4/c1-20(13-5-12-17)16-10-8-15(9-11-16)19-18-14-6-3-2-4-7-14/h2-4,6-11H,5,13H2,1H3. The lowest BCUT2D eigenvalue weighted by molar-refractivity contribution is 0.905. The van der Waals surface area contributed by atoms with Crippen LogP contribution in [-0.2, 0) is 0 Å². The second kappa shape index (κ2) is 7.05. The van der Waals surface area contributed by atoms with E-state index in [0.29, 0.717) is 6.42 Å². The highest BCUT2D eigenvalue weighted by molar-refractivity contribution is 5.52. The zero-order chi connectivity index (χ0) is 14.2. The van der Waals surface area contributed by atoms with Crippen LogP contribution in [0.2, 0.25) is 0 Å². The lowest BCUT2D eigenvalue weighted by Crippen LogP contribution is -2.17. The first kappa shape index (κ1) is 13.8. The molecule has 0 fully saturated rings. The van der Waals surface area contributed by atoms with Crippen molar-refractivity contribution in [2.75, 3.05) is 18.5 Å². The Labute approximate surface area is 119 Å². The Balaban J connectivity index is 2.02. The van der Waals surface area contributed by atoms with Crippen LogP contribution in [0.4, 0.5) is 17.1 Å². The summed E-state index contributed by atoms with van der Waals surface area (Å²) >= 11 is 0. The number of nitrogens with zero attached hydrogens (tertiary/aromatic N) is 4. The van der Waals surface area contributed by atoms with Gasteiger partial charge in [-0.2, -0.15) is 15.5 Å². The van der Waals surface area contributed by atoms with Gasteiger partial charge < -0.3 is 4.90 Å². The fraction of sp³-hybridized carbons (Fsp3) is 0.188. The van der Waals surface area contributed by atoms with Gasteiger partial charge in [-0.15, -0.1) is 0 Å². The molecule has 2 aromatic carbocycles. The predicted molar refractivity (Wildman–Crippen MR) is 80.6 cm³/mol. The third-order valence-corrected chi connectivity index (χ3v) is 2.89. The molecule has 0 amide bonds. The van der Waals surface area contributed by atoms with Gasteiger partial charge in [-0.3, -0.25) is 0 Å². The molecule has 0 radical (unpaired) electrons. The average Bonchev–Trinajstić information content (AvgIpc) is 2.52. The molecule has 0 N–H and O–H groups in total. The monoisotopic (exact) mass is 264 g/mol. The van der Waals surface area contributed by atoms with Crippen molar-refractivity contribution in [1.82, 2.24) is 0 Å². The van der Waals surface area contributed by atoms with Crippen LogP contribution in [0.5, 0.6) is 0 Å². The maximum atomic E-state index is 8.58. The first-order valence-electron chi connectivity index (χ1n) is 6.44. The number of rotatable bonds is 5. The molecule has 2 rings (SSSR count). The van der Waals surface area contributed by atoms with Crippen molar-refractivity contribution < 1.29 is 0 Å². The van der Waals surface area contributed by atoms with Crippen LogP contribution in [0, 0.1) is 11.3 Å². The van der Waals surface area contributed by atoms with Crippen LogP contribution < -0.4 is 4.90 Å². The van der Waals surface area contributed by atoms with Crippen molar-refractivity contribution in [2.24, 2.45) is 10.2 Å². The molecule has 0 atom stereocenters. The van der Waals surface area contributed by atoms with Gasteiger partial charge in [-0.1, -0.05) is 18.2 Å². The van der Waals surface area contributed by atoms with Crippen LogP contribution in [0.3, 0.4) is 0 Å². The summed E-state index contributed by atoms with van der Waals surface area (Å²) in [6.45, 7) is 0.724. The number of benzene rings is 2. The fourth-order valence-electron chi connectivity index (χ4n) is 1.73. The third kappa shape index (κ3) is 3.92. The van der Waals surface area contributed by atoms with Gasteiger partial charge in [0.1, 0.15) is 0 Å². The number of nitriles is 1. The molecule has 0 saturated heterocycles. The molecule has 0 aromatic heterocycles. The molecule has 0 aliphatic heterocycles. The van der Waals surface area contributed by atoms with Crippen molar-refractivity contribution in [3.05, 3.63) is 54.6 Å². The van der Waals surface area contributed by atoms with Crippen LogP contribution in [0.25, 0.3) is 0 Å². The Hall–Kier alpha value is -2.67. The van der Waals surface area contributed by atoms with E-state index in [4.69, 9.17) is 5.26 Å². The highest BCUT2D eigenvalue weighted by Gasteiger charge is 2.00. The van der Waals surface area contributed by atoms with E-state index in [2.05, 4.69) is 16.3 Å². The Morgan fingerprint density at radius 2 is 1.55 bits per heavy atom. The summed E-state index contributed by atoms with van der Waals surface area (Å²) < 4.78 is 0. The summed E-state index contributed by atoms with van der Waals surface area (Å²) in [6.07, 6.45) is 0.520. The van der Waals surface area contributed by atoms with Crippen LogP contribution in [0.15, 0.2) is 64.8 Å². The number of hydrogen-bond donors (Lipinski definition) is 0. The number of azo groups is 1. The van der Waals surface area contributed by atoms with Crippen molar-refractivity contribution in [1.29, 1.82) is 5.26 Å². The maximum Gasteiger partial charge on any atom is 0.0858 e. The summed E-state index contributed by atoms with van der Waals surface area (Å²) in [6, 6.07) is 19.6. The minimum atomic E-state index is 0.520. The molecule has 4 heteroatoms. The highest BCUT2D eigenvalue weighted by Crippen LogP contribution is 2.21. The van der Waals surface area contributed by atoms with Gasteiger partial charge in [0.05, 0.1) is 23.9 Å². The Morgan fingerprint density at radius 1 is 0.950 bits per heavy atom. The Morgan fingerprint density at radius 3 is 2.15 bits per heavy atom. The average molecular weight is 264 g/mol. The number of hydrogen-bond acceptors (Lipinski definition) is 4. The maximum absolute atomic E-state index is 8.58. The van der Waals surface area contributed by atoms with E-state index >= 15 is 0 Å². The summed E-state index contributed by atoms with van der Waals surface area (Å²) in [5.74, 6) is 0. The molecule has 20 heavy (non-hydrogen) atoms. The highest BCUT2D eigenvalue weighted by atomic mass is 15.1. The first-order chi connectivity index (χ1) is 9.79. The molecular weight excluding hydrogens is 248 g/mol. The van der Waals surface area contributed by atoms with Gasteiger partial charge in [-0.25, -0.2) is 0 Å². The van der Waals surface area contributed by atoms with Crippen LogP contribution >= 0.6 is 0 Å². The summed E-state index contributed by atoms with van der Waals surface area (Å²) in [5, 5.41) is 16.9. The minimum absolute atomic E-state index is 0.520. The lowest BCUT2D eigenvalue weighted by atomic mass is 10.2. The van der Waals surface area contributed by atoms with Crippen molar-refractivity contribution in [3.8, 4) is 6.07 Å². The fourth-order valence-corrected chi connectivity index (χ4v) is 1.73. The molecule has 100 valence electrons. The van der Waals surface area contributed by atoms with Crippen LogP contribution in [-0.4, -0.2) is 13.6 Å². The summed E-state index contributed by atoms with van der Waals surface area (Å²) in [4.78, 5) is 2.04. The Bertz CT molecular complexity index is 597. The van der Waals surface area contributed by atoms with Gasteiger partial charge in [0.15, 0.2) is 0 Å². The first-order valence-corrected chi connectivity index (χ1v) is 6.44. The SMILES string of the molecule is CN(CCC#N)c1ccc(N=Nc2ccccc2)cc1. The molecule has 0 saturated carbocycles. The molecule has 0 spiro atoms. The zero-order valence-corrected chi connectivity index (χ0v) is 11.4. The van der Waals surface area contributed by atoms with Gasteiger partial charge >= 0.3 is 0 Å². The predicted octanol–water partition coefficient (Wildman–Crippen LogP) is 4.45. The van der Waals surface area contributed by atoms with E-state index in [9.17, 15) is 0 Å². The van der Waals surface area contributed by atoms with Gasteiger partial charge in [0.2, 0.25) is 0 Å². The normalized spacial score (nSPS) is 10.4. The van der Waals surface area contributed by atoms with Gasteiger partial charge in [0.25, 0.3) is 0 Å². The molecular formula is C16H16N4. The van der Waals surface area contributed by atoms with E-state index in [1.165, 1.54) is 0 Å². The quantitative estimate of drug-likeness (QED) is 0.749. The molecule has 0 heterocycles. The number of anilines is 1. The molecule has 0 unspecified atom stereocenters. The summed E-state index contributed by atoms with van der Waals surface area (Å²) in [5.41, 5.74) is 2.72. The van der Waals surface area contributed by atoms with Gasteiger partial charge in [0, 0.05) is 19.3 Å². The van der Waals surface area contributed by atoms with Crippen molar-refractivity contribution >= 4 is 17.1 Å². The molecule has 2 aromatic rings. The van der Waals surface area contributed by atoms with E-state index < -0.39 is 0 Å². The van der Waals surface area contributed by atoms with Gasteiger partial charge in [-0.05, 0) is 36.4 Å². The lowest BCUT2D eigenvalue weighted by Gasteiger charge is -2.17. The van der Waals surface area contributed by atoms with E-state index in [-0.39, 0.29) is 0 Å². The van der Waals surface area contributed by atoms with Crippen LogP contribution in [0.1, 0.15) is 6.42 Å². The van der Waals surface area contributed by atoms with E-state index in [0.717, 1.165) is 23.6 Å². The Kier molecular flexibility index (Phi) is 4.85. The minimum Gasteiger partial charge on any atom is -0.374 e.